The van der Waals surface area contributed by atoms with E-state index in [1.165, 1.54) is 5.56 Å². The third-order valence-corrected chi connectivity index (χ3v) is 4.29. The largest absolute Gasteiger partial charge is 0.311 e. The highest BCUT2D eigenvalue weighted by atomic mass is 16.6. The molecule has 3 rings (SSSR count). The average Bonchev–Trinajstić information content (AvgIpc) is 2.76. The summed E-state index contributed by atoms with van der Waals surface area (Å²) in [6, 6.07) is 12.1. The molecule has 3 unspecified atom stereocenters. The summed E-state index contributed by atoms with van der Waals surface area (Å²) in [6.45, 7) is 4.37. The number of nitrogens with one attached hydrogen (secondary N) is 1. The number of hydrogen-bond donors (Lipinski definition) is 1. The molecule has 1 fully saturated rings. The zero-order chi connectivity index (χ0) is 14.3. The van der Waals surface area contributed by atoms with Crippen LogP contribution in [0.2, 0.25) is 0 Å². The summed E-state index contributed by atoms with van der Waals surface area (Å²) in [5.41, 5.74) is 1.41. The lowest BCUT2D eigenvalue weighted by molar-refractivity contribution is -0.383. The van der Waals surface area contributed by atoms with Gasteiger partial charge < -0.3 is 5.32 Å². The molecule has 4 heteroatoms. The van der Waals surface area contributed by atoms with Crippen molar-refractivity contribution in [3.8, 4) is 0 Å². The van der Waals surface area contributed by atoms with E-state index in [0.29, 0.717) is 18.0 Å². The van der Waals surface area contributed by atoms with Crippen LogP contribution in [-0.2, 0) is 0 Å². The molecule has 3 atom stereocenters. The normalized spacial score (nSPS) is 26.0. The first-order valence-corrected chi connectivity index (χ1v) is 7.00. The van der Waals surface area contributed by atoms with Crippen molar-refractivity contribution in [2.24, 2.45) is 0 Å². The van der Waals surface area contributed by atoms with Gasteiger partial charge in [-0.25, -0.2) is 0 Å². The first-order chi connectivity index (χ1) is 9.58. The molecular formula is C16H18N2O2. The predicted molar refractivity (Wildman–Crippen MR) is 80.0 cm³/mol. The number of benzene rings is 2. The molecule has 1 aliphatic heterocycles. The zero-order valence-corrected chi connectivity index (χ0v) is 11.7. The fourth-order valence-corrected chi connectivity index (χ4v) is 3.40. The first kappa shape index (κ1) is 13.1. The lowest BCUT2D eigenvalue weighted by atomic mass is 9.87. The van der Waals surface area contributed by atoms with Crippen molar-refractivity contribution in [2.45, 2.75) is 38.3 Å². The third-order valence-electron chi connectivity index (χ3n) is 4.29. The summed E-state index contributed by atoms with van der Waals surface area (Å²) >= 11 is 0. The van der Waals surface area contributed by atoms with E-state index in [2.05, 4.69) is 19.2 Å². The van der Waals surface area contributed by atoms with Gasteiger partial charge in [0.05, 0.1) is 10.3 Å². The molecule has 1 heterocycles. The second-order valence-corrected chi connectivity index (χ2v) is 5.68. The summed E-state index contributed by atoms with van der Waals surface area (Å²) in [5.74, 6) is 0.413. The van der Waals surface area contributed by atoms with Crippen LogP contribution in [0.1, 0.15) is 31.7 Å². The number of nitro benzene ring substituents is 1. The Bertz CT molecular complexity index is 669. The average molecular weight is 270 g/mol. The van der Waals surface area contributed by atoms with Gasteiger partial charge in [-0.15, -0.1) is 0 Å². The van der Waals surface area contributed by atoms with Crippen molar-refractivity contribution in [3.63, 3.8) is 0 Å². The molecule has 0 saturated carbocycles. The van der Waals surface area contributed by atoms with E-state index in [0.717, 1.165) is 17.2 Å². The van der Waals surface area contributed by atoms with Crippen LogP contribution in [0.25, 0.3) is 10.8 Å². The molecule has 0 radical (unpaired) electrons. The van der Waals surface area contributed by atoms with Crippen LogP contribution in [-0.4, -0.2) is 17.0 Å². The topological polar surface area (TPSA) is 55.2 Å². The van der Waals surface area contributed by atoms with Crippen molar-refractivity contribution in [3.05, 3.63) is 52.1 Å². The number of fused-ring (bicyclic) bond motifs is 1. The van der Waals surface area contributed by atoms with Gasteiger partial charge in [-0.3, -0.25) is 10.1 Å². The molecule has 20 heavy (non-hydrogen) atoms. The summed E-state index contributed by atoms with van der Waals surface area (Å²) in [6.07, 6.45) is 1.07. The highest BCUT2D eigenvalue weighted by molar-refractivity contribution is 5.93. The lowest BCUT2D eigenvalue weighted by Crippen LogP contribution is -2.26. The van der Waals surface area contributed by atoms with E-state index in [4.69, 9.17) is 0 Å². The summed E-state index contributed by atoms with van der Waals surface area (Å²) in [5, 5.41) is 16.4. The minimum Gasteiger partial charge on any atom is -0.311 e. The minimum atomic E-state index is -0.301. The van der Waals surface area contributed by atoms with Crippen LogP contribution < -0.4 is 5.32 Å². The van der Waals surface area contributed by atoms with Crippen LogP contribution in [0.5, 0.6) is 0 Å². The summed E-state index contributed by atoms with van der Waals surface area (Å²) in [4.78, 5) is 10.9. The van der Waals surface area contributed by atoms with E-state index < -0.39 is 0 Å². The van der Waals surface area contributed by atoms with Crippen LogP contribution in [0.4, 0.5) is 5.69 Å². The number of rotatable bonds is 2. The van der Waals surface area contributed by atoms with E-state index in [-0.39, 0.29) is 10.6 Å². The number of nitrogens with zero attached hydrogens (tertiary/aromatic N) is 1. The maximum atomic E-state index is 11.2. The van der Waals surface area contributed by atoms with Crippen molar-refractivity contribution >= 4 is 16.5 Å². The zero-order valence-electron chi connectivity index (χ0n) is 11.7. The van der Waals surface area contributed by atoms with E-state index in [9.17, 15) is 10.1 Å². The van der Waals surface area contributed by atoms with Crippen LogP contribution in [0.15, 0.2) is 36.4 Å². The lowest BCUT2D eigenvalue weighted by Gasteiger charge is -2.17. The van der Waals surface area contributed by atoms with Gasteiger partial charge in [-0.05, 0) is 37.3 Å². The Kier molecular flexibility index (Phi) is 3.18. The van der Waals surface area contributed by atoms with E-state index >= 15 is 0 Å². The maximum Gasteiger partial charge on any atom is 0.277 e. The first-order valence-electron chi connectivity index (χ1n) is 7.00. The van der Waals surface area contributed by atoms with Crippen LogP contribution in [0, 0.1) is 10.1 Å². The fraction of sp³-hybridized carbons (Fsp3) is 0.375. The van der Waals surface area contributed by atoms with Gasteiger partial charge >= 0.3 is 0 Å². The van der Waals surface area contributed by atoms with Gasteiger partial charge in [0.15, 0.2) is 0 Å². The molecule has 4 nitrogen and oxygen atoms in total. The number of nitro groups is 1. The molecule has 0 spiro atoms. The standard InChI is InChI=1S/C16H18N2O2/c1-10-9-15(11(2)17-10)13-7-8-16(18(19)20)14-6-4-3-5-12(13)14/h3-8,10-11,15,17H,9H2,1-2H3. The van der Waals surface area contributed by atoms with Crippen LogP contribution in [0.3, 0.4) is 0 Å². The summed E-state index contributed by atoms with van der Waals surface area (Å²) < 4.78 is 0. The summed E-state index contributed by atoms with van der Waals surface area (Å²) in [7, 11) is 0. The van der Waals surface area contributed by atoms with E-state index in [1.807, 2.05) is 30.3 Å². The van der Waals surface area contributed by atoms with E-state index in [1.54, 1.807) is 6.07 Å². The molecule has 104 valence electrons. The fourth-order valence-electron chi connectivity index (χ4n) is 3.40. The second-order valence-electron chi connectivity index (χ2n) is 5.68. The van der Waals surface area contributed by atoms with Crippen molar-refractivity contribution in [1.29, 1.82) is 0 Å². The molecule has 1 aliphatic rings. The Hall–Kier alpha value is -1.94. The Morgan fingerprint density at radius 1 is 1.15 bits per heavy atom. The van der Waals surface area contributed by atoms with Crippen molar-refractivity contribution in [1.82, 2.24) is 5.32 Å². The Morgan fingerprint density at radius 3 is 2.45 bits per heavy atom. The van der Waals surface area contributed by atoms with Crippen molar-refractivity contribution in [2.75, 3.05) is 0 Å². The van der Waals surface area contributed by atoms with Gasteiger partial charge in [0.25, 0.3) is 5.69 Å². The predicted octanol–water partition coefficient (Wildman–Crippen LogP) is 3.60. The number of non-ortho nitro benzene ring substituents is 1. The molecule has 1 saturated heterocycles. The molecule has 2 aromatic carbocycles. The number of hydrogen-bond acceptors (Lipinski definition) is 3. The highest BCUT2D eigenvalue weighted by Gasteiger charge is 2.31. The monoisotopic (exact) mass is 270 g/mol. The Labute approximate surface area is 117 Å². The second kappa shape index (κ2) is 4.87. The van der Waals surface area contributed by atoms with Gasteiger partial charge in [0.2, 0.25) is 0 Å². The molecular weight excluding hydrogens is 252 g/mol. The molecule has 0 bridgehead atoms. The Balaban J connectivity index is 2.18. The molecule has 0 aromatic heterocycles. The highest BCUT2D eigenvalue weighted by Crippen LogP contribution is 2.37. The van der Waals surface area contributed by atoms with Gasteiger partial charge in [-0.2, -0.15) is 0 Å². The van der Waals surface area contributed by atoms with Gasteiger partial charge in [0, 0.05) is 24.1 Å². The molecule has 2 aromatic rings. The van der Waals surface area contributed by atoms with Crippen LogP contribution >= 0.6 is 0 Å². The van der Waals surface area contributed by atoms with Gasteiger partial charge in [0.1, 0.15) is 0 Å². The maximum absolute atomic E-state index is 11.2. The SMILES string of the molecule is CC1CC(c2ccc([N+](=O)[O-])c3ccccc23)C(C)N1. The minimum absolute atomic E-state index is 0.191. The van der Waals surface area contributed by atoms with Gasteiger partial charge in [-0.1, -0.05) is 24.3 Å². The quantitative estimate of drug-likeness (QED) is 0.670. The molecule has 0 amide bonds. The molecule has 1 N–H and O–H groups in total. The molecule has 0 aliphatic carbocycles. The smallest absolute Gasteiger partial charge is 0.277 e. The van der Waals surface area contributed by atoms with Crippen molar-refractivity contribution < 1.29 is 4.92 Å². The Morgan fingerprint density at radius 2 is 1.85 bits per heavy atom. The third kappa shape index (κ3) is 2.06.